The van der Waals surface area contributed by atoms with Gasteiger partial charge in [-0.3, -0.25) is 0 Å². The Kier molecular flexibility index (Phi) is 8.36. The molecule has 1 aliphatic heterocycles. The zero-order chi connectivity index (χ0) is 24.8. The number of ether oxygens (including phenoxy) is 2. The predicted octanol–water partition coefficient (Wildman–Crippen LogP) is 6.25. The van der Waals surface area contributed by atoms with Gasteiger partial charge in [-0.2, -0.15) is 4.98 Å². The molecule has 0 radical (unpaired) electrons. The molecule has 1 unspecified atom stereocenters. The van der Waals surface area contributed by atoms with E-state index < -0.39 is 6.04 Å². The number of hydrogen-bond donors (Lipinski definition) is 1. The Balaban J connectivity index is 1.67. The smallest absolute Gasteiger partial charge is 0.338 e. The van der Waals surface area contributed by atoms with Crippen LogP contribution in [0.15, 0.2) is 65.0 Å². The van der Waals surface area contributed by atoms with E-state index in [4.69, 9.17) is 26.2 Å². The molecule has 4 rings (SSSR count). The molecule has 3 aromatic rings. The van der Waals surface area contributed by atoms with E-state index in [1.807, 2.05) is 55.5 Å². The number of halogens is 1. The van der Waals surface area contributed by atoms with Crippen molar-refractivity contribution in [2.24, 2.45) is 0 Å². The molecule has 0 saturated heterocycles. The molecule has 1 aromatic heterocycles. The number of hydrogen-bond acceptors (Lipinski definition) is 7. The molecule has 0 amide bonds. The molecule has 1 aliphatic rings. The van der Waals surface area contributed by atoms with Crippen LogP contribution in [0.5, 0.6) is 5.75 Å². The highest BCUT2D eigenvalue weighted by atomic mass is 35.5. The Morgan fingerprint density at radius 2 is 2.03 bits per heavy atom. The van der Waals surface area contributed by atoms with Crippen LogP contribution in [0.2, 0.25) is 5.02 Å². The van der Waals surface area contributed by atoms with E-state index in [1.165, 1.54) is 0 Å². The standard InChI is InChI=1S/C26H29ClN4O3S/c1-4-6-14-35-26-29-25-28-17(3)22(24(32)33-5-2)23(31(25)30-26)18-11-9-12-20(15-18)34-16-19-10-7-8-13-21(19)27/h7-13,15,23H,4-6,14,16H2,1-3H3,(H,28,29,30). The minimum Gasteiger partial charge on any atom is -0.489 e. The first-order chi connectivity index (χ1) is 17.0. The number of thioether (sulfide) groups is 1. The van der Waals surface area contributed by atoms with E-state index in [0.717, 1.165) is 29.7 Å². The number of unbranched alkanes of at least 4 members (excludes halogenated alkanes) is 1. The van der Waals surface area contributed by atoms with Crippen molar-refractivity contribution in [1.82, 2.24) is 14.8 Å². The maximum atomic E-state index is 13.0. The van der Waals surface area contributed by atoms with Crippen LogP contribution in [0.25, 0.3) is 0 Å². The van der Waals surface area contributed by atoms with Crippen molar-refractivity contribution >= 4 is 35.3 Å². The topological polar surface area (TPSA) is 78.3 Å². The summed E-state index contributed by atoms with van der Waals surface area (Å²) in [7, 11) is 0. The fourth-order valence-electron chi connectivity index (χ4n) is 3.83. The highest BCUT2D eigenvalue weighted by Gasteiger charge is 2.35. The van der Waals surface area contributed by atoms with Crippen LogP contribution < -0.4 is 10.1 Å². The lowest BCUT2D eigenvalue weighted by Gasteiger charge is -2.28. The largest absolute Gasteiger partial charge is 0.489 e. The molecule has 2 heterocycles. The number of carbonyl (C=O) groups excluding carboxylic acids is 1. The van der Waals surface area contributed by atoms with Crippen LogP contribution in [0.3, 0.4) is 0 Å². The summed E-state index contributed by atoms with van der Waals surface area (Å²) in [6, 6.07) is 14.8. The lowest BCUT2D eigenvalue weighted by molar-refractivity contribution is -0.139. The molecule has 35 heavy (non-hydrogen) atoms. The predicted molar refractivity (Wildman–Crippen MR) is 139 cm³/mol. The summed E-state index contributed by atoms with van der Waals surface area (Å²) in [5.41, 5.74) is 2.94. The molecule has 0 aliphatic carbocycles. The number of nitrogens with one attached hydrogen (secondary N) is 1. The van der Waals surface area contributed by atoms with Crippen molar-refractivity contribution in [3.05, 3.63) is 76.0 Å². The van der Waals surface area contributed by atoms with Crippen LogP contribution in [-0.4, -0.2) is 33.1 Å². The number of anilines is 1. The van der Waals surface area contributed by atoms with Crippen LogP contribution in [0, 0.1) is 0 Å². The van der Waals surface area contributed by atoms with E-state index in [0.29, 0.717) is 39.8 Å². The number of aromatic nitrogens is 3. The van der Waals surface area contributed by atoms with Crippen molar-refractivity contribution in [2.45, 2.75) is 51.4 Å². The Labute approximate surface area is 214 Å². The minimum absolute atomic E-state index is 0.283. The zero-order valence-electron chi connectivity index (χ0n) is 20.1. The molecular formula is C26H29ClN4O3S. The number of benzene rings is 2. The Morgan fingerprint density at radius 1 is 1.20 bits per heavy atom. The normalized spacial score (nSPS) is 14.9. The van der Waals surface area contributed by atoms with E-state index in [2.05, 4.69) is 17.2 Å². The first-order valence-corrected chi connectivity index (χ1v) is 13.1. The number of rotatable bonds is 10. The number of esters is 1. The molecule has 9 heteroatoms. The van der Waals surface area contributed by atoms with Gasteiger partial charge in [0.05, 0.1) is 12.2 Å². The van der Waals surface area contributed by atoms with Crippen molar-refractivity contribution < 1.29 is 14.3 Å². The third-order valence-corrected chi connectivity index (χ3v) is 6.88. The van der Waals surface area contributed by atoms with Gasteiger partial charge in [-0.05, 0) is 44.0 Å². The fraction of sp³-hybridized carbons (Fsp3) is 0.346. The maximum Gasteiger partial charge on any atom is 0.338 e. The molecule has 7 nitrogen and oxygen atoms in total. The summed E-state index contributed by atoms with van der Waals surface area (Å²) in [4.78, 5) is 17.7. The molecule has 0 saturated carbocycles. The molecule has 1 atom stereocenters. The van der Waals surface area contributed by atoms with Gasteiger partial charge in [-0.25, -0.2) is 9.48 Å². The van der Waals surface area contributed by atoms with Crippen LogP contribution >= 0.6 is 23.4 Å². The van der Waals surface area contributed by atoms with Crippen LogP contribution in [0.4, 0.5) is 5.95 Å². The molecule has 0 spiro atoms. The lowest BCUT2D eigenvalue weighted by atomic mass is 9.95. The monoisotopic (exact) mass is 512 g/mol. The summed E-state index contributed by atoms with van der Waals surface area (Å²) < 4.78 is 13.2. The summed E-state index contributed by atoms with van der Waals surface area (Å²) in [6.45, 7) is 6.43. The van der Waals surface area contributed by atoms with E-state index in [1.54, 1.807) is 23.4 Å². The Hall–Kier alpha value is -2.97. The van der Waals surface area contributed by atoms with Gasteiger partial charge in [0, 0.05) is 22.0 Å². The van der Waals surface area contributed by atoms with Crippen molar-refractivity contribution in [2.75, 3.05) is 17.7 Å². The molecule has 0 fully saturated rings. The van der Waals surface area contributed by atoms with E-state index in [-0.39, 0.29) is 12.6 Å². The SMILES string of the molecule is CCCCSc1nc2n(n1)C(c1cccc(OCc3ccccc3Cl)c1)C(C(=O)OCC)=C(C)N2. The van der Waals surface area contributed by atoms with Gasteiger partial charge in [0.2, 0.25) is 11.1 Å². The van der Waals surface area contributed by atoms with Crippen molar-refractivity contribution in [3.63, 3.8) is 0 Å². The summed E-state index contributed by atoms with van der Waals surface area (Å²) in [5, 5.41) is 9.32. The Morgan fingerprint density at radius 3 is 2.80 bits per heavy atom. The minimum atomic E-state index is -0.498. The van der Waals surface area contributed by atoms with Crippen molar-refractivity contribution in [3.8, 4) is 5.75 Å². The summed E-state index contributed by atoms with van der Waals surface area (Å²) in [5.74, 6) is 1.82. The molecular weight excluding hydrogens is 484 g/mol. The summed E-state index contributed by atoms with van der Waals surface area (Å²) >= 11 is 7.89. The fourth-order valence-corrected chi connectivity index (χ4v) is 4.94. The highest BCUT2D eigenvalue weighted by Crippen LogP contribution is 2.38. The van der Waals surface area contributed by atoms with Gasteiger partial charge in [0.1, 0.15) is 18.4 Å². The van der Waals surface area contributed by atoms with Crippen LogP contribution in [-0.2, 0) is 16.1 Å². The van der Waals surface area contributed by atoms with Crippen molar-refractivity contribution in [1.29, 1.82) is 0 Å². The van der Waals surface area contributed by atoms with Gasteiger partial charge >= 0.3 is 5.97 Å². The van der Waals surface area contributed by atoms with Crippen LogP contribution in [0.1, 0.15) is 50.8 Å². The van der Waals surface area contributed by atoms with Gasteiger partial charge in [0.25, 0.3) is 0 Å². The van der Waals surface area contributed by atoms with Gasteiger partial charge in [-0.1, -0.05) is 67.0 Å². The quantitative estimate of drug-likeness (QED) is 0.195. The molecule has 184 valence electrons. The molecule has 2 aromatic carbocycles. The number of fused-ring (bicyclic) bond motifs is 1. The lowest BCUT2D eigenvalue weighted by Crippen LogP contribution is -2.29. The number of nitrogens with zero attached hydrogens (tertiary/aromatic N) is 3. The summed E-state index contributed by atoms with van der Waals surface area (Å²) in [6.07, 6.45) is 2.19. The molecule has 1 N–H and O–H groups in total. The number of allylic oxidation sites excluding steroid dienone is 1. The van der Waals surface area contributed by atoms with Gasteiger partial charge in [-0.15, -0.1) is 5.10 Å². The maximum absolute atomic E-state index is 13.0. The second kappa shape index (κ2) is 11.6. The molecule has 0 bridgehead atoms. The third-order valence-electron chi connectivity index (χ3n) is 5.58. The first kappa shape index (κ1) is 25.1. The number of carbonyl (C=O) groups is 1. The Bertz CT molecular complexity index is 1230. The average Bonchev–Trinajstić information content (AvgIpc) is 3.25. The second-order valence-electron chi connectivity index (χ2n) is 8.10. The average molecular weight is 513 g/mol. The van der Waals surface area contributed by atoms with E-state index >= 15 is 0 Å². The van der Waals surface area contributed by atoms with Gasteiger partial charge < -0.3 is 14.8 Å². The zero-order valence-corrected chi connectivity index (χ0v) is 21.7. The second-order valence-corrected chi connectivity index (χ2v) is 9.57. The third kappa shape index (κ3) is 5.82. The van der Waals surface area contributed by atoms with Gasteiger partial charge in [0.15, 0.2) is 0 Å². The van der Waals surface area contributed by atoms with E-state index in [9.17, 15) is 4.79 Å². The first-order valence-electron chi connectivity index (χ1n) is 11.7. The highest BCUT2D eigenvalue weighted by molar-refractivity contribution is 7.99.